The molecule has 2 aromatic heterocycles. The molecule has 0 aliphatic heterocycles. The minimum atomic E-state index is -0.597. The van der Waals surface area contributed by atoms with Crippen molar-refractivity contribution >= 4 is 51.4 Å². The molecule has 0 amide bonds. The number of rotatable bonds is 9. The number of hydrogen-bond acceptors (Lipinski definition) is 6. The van der Waals surface area contributed by atoms with E-state index in [1.54, 1.807) is 11.7 Å². The molecule has 5 aromatic rings. The minimum absolute atomic E-state index is 0. The van der Waals surface area contributed by atoms with E-state index in [0.717, 1.165) is 51.5 Å². The van der Waals surface area contributed by atoms with Gasteiger partial charge in [-0.05, 0) is 47.2 Å². The number of aryl methyl sites for hydroxylation is 2. The van der Waals surface area contributed by atoms with Gasteiger partial charge in [0.1, 0.15) is 11.6 Å². The molecule has 0 aliphatic carbocycles. The molecular weight excluding hydrogens is 531 g/mol. The van der Waals surface area contributed by atoms with Crippen LogP contribution in [0.2, 0.25) is 0 Å². The van der Waals surface area contributed by atoms with Gasteiger partial charge in [0, 0.05) is 12.0 Å². The third kappa shape index (κ3) is 6.29. The summed E-state index contributed by atoms with van der Waals surface area (Å²) in [5.74, 6) is 1.31. The molecule has 0 unspecified atom stereocenters. The fraction of sp³-hybridized carbons (Fsp3) is 0.226. The van der Waals surface area contributed by atoms with Crippen LogP contribution in [0.25, 0.3) is 33.6 Å². The summed E-state index contributed by atoms with van der Waals surface area (Å²) in [6.45, 7) is 4.53. The van der Waals surface area contributed by atoms with Gasteiger partial charge in [-0.2, -0.15) is 0 Å². The summed E-state index contributed by atoms with van der Waals surface area (Å²) in [6, 6.07) is 23.3. The number of benzene rings is 3. The first-order valence-corrected chi connectivity index (χ1v) is 13.0. The predicted octanol–water partition coefficient (Wildman–Crippen LogP) is 4.84. The number of methoxy groups -OCH3 is 1. The standard InChI is InChI=1S/C31H30N4O4.K.H/c1-4-8-27-32-26(5-2)28(22-15-17-23(38-3)18-16-22)30(36)35(27)19-20-11-13-21(14-12-20)24-9-6-7-10-25(24)29-33-31(37)39-34-29;;/h6-7,9-18H,4-5,8,19H2,1-3H3,(H,33,34,37);;. The Morgan fingerprint density at radius 1 is 0.900 bits per heavy atom. The molecule has 0 radical (unpaired) electrons. The predicted molar refractivity (Wildman–Crippen MR) is 158 cm³/mol. The zero-order chi connectivity index (χ0) is 27.4. The number of ether oxygens (including phenoxy) is 1. The average Bonchev–Trinajstić information content (AvgIpc) is 3.41. The molecule has 40 heavy (non-hydrogen) atoms. The van der Waals surface area contributed by atoms with Crippen LogP contribution in [0.3, 0.4) is 0 Å². The van der Waals surface area contributed by atoms with Crippen LogP contribution >= 0.6 is 0 Å². The van der Waals surface area contributed by atoms with Crippen LogP contribution in [-0.4, -0.2) is 78.2 Å². The van der Waals surface area contributed by atoms with Gasteiger partial charge in [0.2, 0.25) is 0 Å². The van der Waals surface area contributed by atoms with Crippen LogP contribution < -0.4 is 16.1 Å². The molecule has 8 nitrogen and oxygen atoms in total. The van der Waals surface area contributed by atoms with Gasteiger partial charge in [0.15, 0.2) is 5.82 Å². The third-order valence-electron chi connectivity index (χ3n) is 6.74. The summed E-state index contributed by atoms with van der Waals surface area (Å²) in [5, 5.41) is 3.84. The van der Waals surface area contributed by atoms with Crippen LogP contribution in [0.15, 0.2) is 86.9 Å². The number of H-pyrrole nitrogens is 1. The zero-order valence-corrected chi connectivity index (χ0v) is 22.2. The number of hydrogen-bond donors (Lipinski definition) is 1. The van der Waals surface area contributed by atoms with E-state index in [1.165, 1.54) is 0 Å². The normalized spacial score (nSPS) is 10.8. The van der Waals surface area contributed by atoms with Gasteiger partial charge in [0.25, 0.3) is 5.56 Å². The van der Waals surface area contributed by atoms with Crippen molar-refractivity contribution in [2.24, 2.45) is 0 Å². The molecule has 1 N–H and O–H groups in total. The fourth-order valence-corrected chi connectivity index (χ4v) is 4.79. The summed E-state index contributed by atoms with van der Waals surface area (Å²) in [6.07, 6.45) is 2.27. The van der Waals surface area contributed by atoms with Crippen molar-refractivity contribution in [2.75, 3.05) is 7.11 Å². The Balaban J connectivity index is 0.00000370. The Bertz CT molecular complexity index is 1700. The van der Waals surface area contributed by atoms with E-state index in [0.29, 0.717) is 30.8 Å². The first kappa shape index (κ1) is 29.9. The second-order valence-corrected chi connectivity index (χ2v) is 9.26. The SMILES string of the molecule is CCCc1nc(CC)c(-c2ccc(OC)cc2)c(=O)n1Cc1ccc(-c2ccccc2-c2noc(=O)[nH]2)cc1.[KH]. The van der Waals surface area contributed by atoms with E-state index in [2.05, 4.69) is 17.1 Å². The van der Waals surface area contributed by atoms with Crippen molar-refractivity contribution in [1.29, 1.82) is 0 Å². The first-order chi connectivity index (χ1) is 19.0. The van der Waals surface area contributed by atoms with Gasteiger partial charge in [-0.1, -0.05) is 79.7 Å². The number of aromatic nitrogens is 4. The Hall–Kier alpha value is -3.08. The van der Waals surface area contributed by atoms with Crippen molar-refractivity contribution in [3.05, 3.63) is 111 Å². The molecule has 0 bridgehead atoms. The van der Waals surface area contributed by atoms with E-state index in [4.69, 9.17) is 14.2 Å². The van der Waals surface area contributed by atoms with Gasteiger partial charge < -0.3 is 4.74 Å². The molecular formula is C31H31KN4O4. The summed E-state index contributed by atoms with van der Waals surface area (Å²) in [4.78, 5) is 33.0. The van der Waals surface area contributed by atoms with Crippen LogP contribution in [0.1, 0.15) is 37.4 Å². The van der Waals surface area contributed by atoms with Gasteiger partial charge in [-0.15, -0.1) is 0 Å². The third-order valence-corrected chi connectivity index (χ3v) is 6.74. The van der Waals surface area contributed by atoms with Crippen molar-refractivity contribution in [2.45, 2.75) is 39.7 Å². The molecule has 0 aliphatic rings. The van der Waals surface area contributed by atoms with Crippen molar-refractivity contribution in [3.8, 4) is 39.4 Å². The van der Waals surface area contributed by atoms with Crippen molar-refractivity contribution < 1.29 is 9.26 Å². The molecule has 0 saturated heterocycles. The van der Waals surface area contributed by atoms with Gasteiger partial charge in [-0.3, -0.25) is 18.9 Å². The Labute approximate surface area is 274 Å². The Morgan fingerprint density at radius 2 is 1.57 bits per heavy atom. The van der Waals surface area contributed by atoms with Gasteiger partial charge in [-0.25, -0.2) is 9.78 Å². The zero-order valence-electron chi connectivity index (χ0n) is 22.2. The summed E-state index contributed by atoms with van der Waals surface area (Å²) >= 11 is 0. The molecule has 5 rings (SSSR count). The van der Waals surface area contributed by atoms with E-state index < -0.39 is 5.76 Å². The van der Waals surface area contributed by atoms with Crippen LogP contribution in [0, 0.1) is 0 Å². The molecule has 9 heteroatoms. The number of nitrogens with one attached hydrogen (secondary N) is 1. The summed E-state index contributed by atoms with van der Waals surface area (Å²) < 4.78 is 11.8. The Morgan fingerprint density at radius 3 is 2.17 bits per heavy atom. The molecule has 0 spiro atoms. The van der Waals surface area contributed by atoms with Crippen LogP contribution in [0.4, 0.5) is 0 Å². The monoisotopic (exact) mass is 562 g/mol. The molecule has 3 aromatic carbocycles. The van der Waals surface area contributed by atoms with Crippen molar-refractivity contribution in [1.82, 2.24) is 19.7 Å². The number of aromatic amines is 1. The summed E-state index contributed by atoms with van der Waals surface area (Å²) in [5.41, 5.74) is 5.85. The van der Waals surface area contributed by atoms with E-state index in [9.17, 15) is 9.59 Å². The Kier molecular flexibility index (Phi) is 10.1. The quantitative estimate of drug-likeness (QED) is 0.258. The van der Waals surface area contributed by atoms with Crippen molar-refractivity contribution in [3.63, 3.8) is 0 Å². The fourth-order valence-electron chi connectivity index (χ4n) is 4.79. The second kappa shape index (κ2) is 13.5. The maximum absolute atomic E-state index is 13.9. The van der Waals surface area contributed by atoms with Gasteiger partial charge in [0.05, 0.1) is 24.9 Å². The maximum atomic E-state index is 13.9. The molecule has 0 saturated carbocycles. The van der Waals surface area contributed by atoms with Crippen LogP contribution in [0.5, 0.6) is 5.75 Å². The van der Waals surface area contributed by atoms with E-state index in [-0.39, 0.29) is 56.9 Å². The average molecular weight is 563 g/mol. The summed E-state index contributed by atoms with van der Waals surface area (Å²) in [7, 11) is 1.62. The molecule has 200 valence electrons. The topological polar surface area (TPSA) is 103 Å². The van der Waals surface area contributed by atoms with Gasteiger partial charge >= 0.3 is 57.1 Å². The van der Waals surface area contributed by atoms with E-state index >= 15 is 0 Å². The molecule has 0 fully saturated rings. The van der Waals surface area contributed by atoms with E-state index in [1.807, 2.05) is 79.7 Å². The molecule has 0 atom stereocenters. The number of nitrogens with zero attached hydrogens (tertiary/aromatic N) is 3. The first-order valence-electron chi connectivity index (χ1n) is 13.0. The second-order valence-electron chi connectivity index (χ2n) is 9.26. The molecule has 2 heterocycles. The van der Waals surface area contributed by atoms with Crippen LogP contribution in [-0.2, 0) is 19.4 Å².